The van der Waals surface area contributed by atoms with Gasteiger partial charge in [0, 0.05) is 28.6 Å². The monoisotopic (exact) mass is 290 g/mol. The smallest absolute Gasteiger partial charge is 0.182 e. The molecule has 2 aromatic heterocycles. The topological polar surface area (TPSA) is 74.7 Å². The molecule has 0 aliphatic heterocycles. The summed E-state index contributed by atoms with van der Waals surface area (Å²) in [5.41, 5.74) is 3.99. The van der Waals surface area contributed by atoms with Crippen molar-refractivity contribution in [3.63, 3.8) is 0 Å². The van der Waals surface area contributed by atoms with Gasteiger partial charge >= 0.3 is 0 Å². The highest BCUT2D eigenvalue weighted by molar-refractivity contribution is 5.72. The van der Waals surface area contributed by atoms with Gasteiger partial charge in [-0.25, -0.2) is 9.67 Å². The maximum atomic E-state index is 10.1. The maximum Gasteiger partial charge on any atom is 0.182 e. The van der Waals surface area contributed by atoms with Gasteiger partial charge in [0.25, 0.3) is 0 Å². The summed E-state index contributed by atoms with van der Waals surface area (Å²) < 4.78 is 1.77. The van der Waals surface area contributed by atoms with Crippen molar-refractivity contribution in [2.24, 2.45) is 0 Å². The molecule has 0 spiro atoms. The van der Waals surface area contributed by atoms with Crippen molar-refractivity contribution in [3.05, 3.63) is 59.7 Å². The molecule has 3 rings (SSSR count). The van der Waals surface area contributed by atoms with Gasteiger partial charge in [0.1, 0.15) is 6.07 Å². The summed E-state index contributed by atoms with van der Waals surface area (Å²) in [6.45, 7) is 3.60. The van der Waals surface area contributed by atoms with Crippen LogP contribution in [0.5, 0.6) is 5.75 Å². The van der Waals surface area contributed by atoms with Crippen molar-refractivity contribution in [1.82, 2.24) is 14.8 Å². The summed E-state index contributed by atoms with van der Waals surface area (Å²) >= 11 is 0. The lowest BCUT2D eigenvalue weighted by Crippen LogP contribution is -1.96. The molecule has 0 bridgehead atoms. The third kappa shape index (κ3) is 2.21. The van der Waals surface area contributed by atoms with Crippen LogP contribution in [0.1, 0.15) is 17.0 Å². The second-order valence-electron chi connectivity index (χ2n) is 5.02. The lowest BCUT2D eigenvalue weighted by Gasteiger charge is -2.10. The highest BCUT2D eigenvalue weighted by Gasteiger charge is 2.16. The van der Waals surface area contributed by atoms with Crippen LogP contribution >= 0.6 is 0 Å². The van der Waals surface area contributed by atoms with Crippen molar-refractivity contribution in [3.8, 4) is 28.6 Å². The normalized spacial score (nSPS) is 10.4. The summed E-state index contributed by atoms with van der Waals surface area (Å²) in [7, 11) is 0. The van der Waals surface area contributed by atoms with Gasteiger partial charge in [0.15, 0.2) is 11.4 Å². The summed E-state index contributed by atoms with van der Waals surface area (Å²) in [6, 6.07) is 11.7. The van der Waals surface area contributed by atoms with E-state index in [2.05, 4.69) is 10.1 Å². The standard InChI is InChI=1S/C17H14N4O/c1-11-16(12(2)20-15(8-18)17(11)22)13-9-19-21(10-13)14-6-4-3-5-7-14/h3-7,9-10,22H,1-2H3. The highest BCUT2D eigenvalue weighted by atomic mass is 16.3. The van der Waals surface area contributed by atoms with Gasteiger partial charge in [-0.1, -0.05) is 18.2 Å². The Hall–Kier alpha value is -3.13. The molecule has 2 heterocycles. The number of rotatable bonds is 2. The molecule has 108 valence electrons. The summed E-state index contributed by atoms with van der Waals surface area (Å²) in [6.07, 6.45) is 3.62. The third-order valence-electron chi connectivity index (χ3n) is 3.59. The minimum atomic E-state index is -0.0736. The molecule has 0 aliphatic rings. The molecule has 0 unspecified atom stereocenters. The Kier molecular flexibility index (Phi) is 3.36. The number of benzene rings is 1. The lowest BCUT2D eigenvalue weighted by atomic mass is 10.0. The molecule has 0 atom stereocenters. The second-order valence-corrected chi connectivity index (χ2v) is 5.02. The fraction of sp³-hybridized carbons (Fsp3) is 0.118. The molecule has 5 nitrogen and oxygen atoms in total. The van der Waals surface area contributed by atoms with E-state index in [1.54, 1.807) is 17.8 Å². The van der Waals surface area contributed by atoms with E-state index in [4.69, 9.17) is 5.26 Å². The van der Waals surface area contributed by atoms with E-state index >= 15 is 0 Å². The SMILES string of the molecule is Cc1nc(C#N)c(O)c(C)c1-c1cnn(-c2ccccc2)c1. The number of aromatic hydroxyl groups is 1. The average Bonchev–Trinajstić information content (AvgIpc) is 3.01. The zero-order valence-corrected chi connectivity index (χ0v) is 12.3. The minimum Gasteiger partial charge on any atom is -0.505 e. The Morgan fingerprint density at radius 3 is 2.59 bits per heavy atom. The van der Waals surface area contributed by atoms with E-state index in [0.717, 1.165) is 16.8 Å². The van der Waals surface area contributed by atoms with Crippen LogP contribution in [0.15, 0.2) is 42.7 Å². The van der Waals surface area contributed by atoms with Gasteiger partial charge in [-0.3, -0.25) is 0 Å². The molecule has 3 aromatic rings. The molecule has 1 N–H and O–H groups in total. The average molecular weight is 290 g/mol. The molecular formula is C17H14N4O. The van der Waals surface area contributed by atoms with Gasteiger partial charge < -0.3 is 5.11 Å². The zero-order valence-electron chi connectivity index (χ0n) is 12.3. The predicted octanol–water partition coefficient (Wildman–Crippen LogP) is 3.13. The highest BCUT2D eigenvalue weighted by Crippen LogP contribution is 2.33. The second kappa shape index (κ2) is 5.34. The summed E-state index contributed by atoms with van der Waals surface area (Å²) in [4.78, 5) is 4.16. The fourth-order valence-corrected chi connectivity index (χ4v) is 2.52. The van der Waals surface area contributed by atoms with Crippen molar-refractivity contribution in [2.45, 2.75) is 13.8 Å². The molecule has 1 aromatic carbocycles. The first-order valence-electron chi connectivity index (χ1n) is 6.82. The number of hydrogen-bond acceptors (Lipinski definition) is 4. The van der Waals surface area contributed by atoms with Crippen LogP contribution in [0.3, 0.4) is 0 Å². The number of para-hydroxylation sites is 1. The predicted molar refractivity (Wildman–Crippen MR) is 82.6 cm³/mol. The number of nitrogens with zero attached hydrogens (tertiary/aromatic N) is 4. The van der Waals surface area contributed by atoms with Gasteiger partial charge in [-0.05, 0) is 26.0 Å². The van der Waals surface area contributed by atoms with Crippen molar-refractivity contribution >= 4 is 0 Å². The summed E-state index contributed by atoms with van der Waals surface area (Å²) in [5, 5.41) is 23.4. The van der Waals surface area contributed by atoms with E-state index < -0.39 is 0 Å². The van der Waals surface area contributed by atoms with E-state index in [1.165, 1.54) is 0 Å². The Morgan fingerprint density at radius 2 is 1.91 bits per heavy atom. The maximum absolute atomic E-state index is 10.1. The van der Waals surface area contributed by atoms with Crippen molar-refractivity contribution < 1.29 is 5.11 Å². The van der Waals surface area contributed by atoms with Crippen LogP contribution in [0, 0.1) is 25.2 Å². The number of hydrogen-bond donors (Lipinski definition) is 1. The van der Waals surface area contributed by atoms with E-state index in [0.29, 0.717) is 11.3 Å². The molecule has 0 fully saturated rings. The first-order valence-corrected chi connectivity index (χ1v) is 6.82. The molecule has 5 heteroatoms. The van der Waals surface area contributed by atoms with Gasteiger partial charge in [-0.15, -0.1) is 0 Å². The zero-order chi connectivity index (χ0) is 15.7. The Morgan fingerprint density at radius 1 is 1.18 bits per heavy atom. The van der Waals surface area contributed by atoms with Gasteiger partial charge in [-0.2, -0.15) is 10.4 Å². The third-order valence-corrected chi connectivity index (χ3v) is 3.59. The molecule has 0 saturated carbocycles. The Bertz CT molecular complexity index is 876. The van der Waals surface area contributed by atoms with Crippen molar-refractivity contribution in [1.29, 1.82) is 5.26 Å². The number of pyridine rings is 1. The van der Waals surface area contributed by atoms with Crippen LogP contribution in [0.2, 0.25) is 0 Å². The molecule has 0 aliphatic carbocycles. The van der Waals surface area contributed by atoms with Crippen LogP contribution < -0.4 is 0 Å². The first kappa shape index (κ1) is 13.8. The number of nitriles is 1. The van der Waals surface area contributed by atoms with Gasteiger partial charge in [0.05, 0.1) is 11.9 Å². The van der Waals surface area contributed by atoms with Gasteiger partial charge in [0.2, 0.25) is 0 Å². The molecule has 22 heavy (non-hydrogen) atoms. The first-order chi connectivity index (χ1) is 10.6. The molecule has 0 saturated heterocycles. The Balaban J connectivity index is 2.12. The van der Waals surface area contributed by atoms with E-state index in [9.17, 15) is 5.11 Å². The van der Waals surface area contributed by atoms with Crippen LogP contribution in [-0.4, -0.2) is 19.9 Å². The quantitative estimate of drug-likeness (QED) is 0.786. The molecule has 0 radical (unpaired) electrons. The van der Waals surface area contributed by atoms with Crippen molar-refractivity contribution in [2.75, 3.05) is 0 Å². The Labute approximate surface area is 128 Å². The molecule has 0 amide bonds. The molecular weight excluding hydrogens is 276 g/mol. The lowest BCUT2D eigenvalue weighted by molar-refractivity contribution is 0.466. The number of aryl methyl sites for hydroxylation is 1. The van der Waals surface area contributed by atoms with Crippen LogP contribution in [-0.2, 0) is 0 Å². The largest absolute Gasteiger partial charge is 0.505 e. The van der Waals surface area contributed by atoms with Crippen LogP contribution in [0.25, 0.3) is 16.8 Å². The fourth-order valence-electron chi connectivity index (χ4n) is 2.52. The number of aromatic nitrogens is 3. The van der Waals surface area contributed by atoms with E-state index in [-0.39, 0.29) is 11.4 Å². The summed E-state index contributed by atoms with van der Waals surface area (Å²) in [5.74, 6) is -0.0736. The minimum absolute atomic E-state index is 0.0502. The van der Waals surface area contributed by atoms with E-state index in [1.807, 2.05) is 49.5 Å². The van der Waals surface area contributed by atoms with Crippen LogP contribution in [0.4, 0.5) is 0 Å².